The molecule has 0 aliphatic carbocycles. The van der Waals surface area contributed by atoms with Crippen molar-refractivity contribution in [2.45, 2.75) is 13.0 Å². The number of furan rings is 1. The molecule has 0 aliphatic heterocycles. The number of ether oxygens (including phenoxy) is 1. The molecule has 0 aliphatic rings. The summed E-state index contributed by atoms with van der Waals surface area (Å²) in [6.07, 6.45) is -0.553. The van der Waals surface area contributed by atoms with E-state index in [0.717, 1.165) is 5.76 Å². The highest BCUT2D eigenvalue weighted by Crippen LogP contribution is 2.27. The van der Waals surface area contributed by atoms with E-state index in [1.54, 1.807) is 25.1 Å². The van der Waals surface area contributed by atoms with E-state index in [0.29, 0.717) is 5.76 Å². The zero-order valence-corrected chi connectivity index (χ0v) is 10.4. The van der Waals surface area contributed by atoms with Crippen molar-refractivity contribution in [2.75, 3.05) is 6.54 Å². The predicted molar refractivity (Wildman–Crippen MR) is 67.0 cm³/mol. The lowest BCUT2D eigenvalue weighted by atomic mass is 10.2. The van der Waals surface area contributed by atoms with Gasteiger partial charge in [-0.25, -0.2) is 4.39 Å². The van der Waals surface area contributed by atoms with Gasteiger partial charge in [-0.3, -0.25) is 0 Å². The van der Waals surface area contributed by atoms with Crippen molar-refractivity contribution < 1.29 is 13.5 Å². The fraction of sp³-hybridized carbons (Fsp3) is 0.214. The number of nitrogens with two attached hydrogens (primary N) is 1. The largest absolute Gasteiger partial charge is 0.480 e. The van der Waals surface area contributed by atoms with E-state index in [9.17, 15) is 4.39 Å². The van der Waals surface area contributed by atoms with Crippen LogP contribution in [0.1, 0.15) is 23.2 Å². The first-order valence-corrected chi connectivity index (χ1v) is 5.77. The Bertz CT molecular complexity index is 616. The van der Waals surface area contributed by atoms with Crippen LogP contribution in [-0.2, 0) is 0 Å². The van der Waals surface area contributed by atoms with Crippen LogP contribution in [0, 0.1) is 24.1 Å². The van der Waals surface area contributed by atoms with Gasteiger partial charge in [-0.1, -0.05) is 6.07 Å². The second-order valence-electron chi connectivity index (χ2n) is 4.02. The maximum absolute atomic E-state index is 13.5. The first-order chi connectivity index (χ1) is 9.15. The predicted octanol–water partition coefficient (Wildman–Crippen LogP) is 2.68. The summed E-state index contributed by atoms with van der Waals surface area (Å²) in [4.78, 5) is 0. The lowest BCUT2D eigenvalue weighted by Crippen LogP contribution is -2.18. The molecule has 98 valence electrons. The third-order valence-electron chi connectivity index (χ3n) is 2.65. The van der Waals surface area contributed by atoms with Gasteiger partial charge in [0.25, 0.3) is 0 Å². The van der Waals surface area contributed by atoms with Crippen molar-refractivity contribution >= 4 is 0 Å². The summed E-state index contributed by atoms with van der Waals surface area (Å²) in [5.74, 6) is 0.823. The monoisotopic (exact) mass is 260 g/mol. The molecule has 0 spiro atoms. The average Bonchev–Trinajstić information content (AvgIpc) is 2.82. The van der Waals surface area contributed by atoms with Crippen LogP contribution in [0.2, 0.25) is 0 Å². The maximum Gasteiger partial charge on any atom is 0.168 e. The molecule has 4 nitrogen and oxygen atoms in total. The fourth-order valence-electron chi connectivity index (χ4n) is 1.71. The molecule has 2 aromatic rings. The Morgan fingerprint density at radius 1 is 1.42 bits per heavy atom. The highest BCUT2D eigenvalue weighted by atomic mass is 19.1. The minimum atomic E-state index is -0.619. The number of nitriles is 1. The number of rotatable bonds is 4. The molecular weight excluding hydrogens is 247 g/mol. The first-order valence-electron chi connectivity index (χ1n) is 5.77. The van der Waals surface area contributed by atoms with Gasteiger partial charge in [-0.15, -0.1) is 0 Å². The van der Waals surface area contributed by atoms with E-state index < -0.39 is 11.9 Å². The summed E-state index contributed by atoms with van der Waals surface area (Å²) >= 11 is 0. The minimum Gasteiger partial charge on any atom is -0.480 e. The molecule has 19 heavy (non-hydrogen) atoms. The molecule has 1 atom stereocenters. The van der Waals surface area contributed by atoms with Gasteiger partial charge in [-0.2, -0.15) is 5.26 Å². The van der Waals surface area contributed by atoms with Gasteiger partial charge < -0.3 is 14.9 Å². The van der Waals surface area contributed by atoms with E-state index in [2.05, 4.69) is 0 Å². The molecule has 1 unspecified atom stereocenters. The smallest absolute Gasteiger partial charge is 0.168 e. The lowest BCUT2D eigenvalue weighted by Gasteiger charge is -2.16. The molecule has 0 radical (unpaired) electrons. The standard InChI is InChI=1S/C14H13FN2O2/c1-9-5-6-13(18-9)14(8-17)19-12-4-2-3-11(15)10(12)7-16/h2-6,14H,8,17H2,1H3. The van der Waals surface area contributed by atoms with Gasteiger partial charge in [0, 0.05) is 6.54 Å². The van der Waals surface area contributed by atoms with Crippen LogP contribution in [0.25, 0.3) is 0 Å². The van der Waals surface area contributed by atoms with Crippen molar-refractivity contribution in [1.29, 1.82) is 5.26 Å². The van der Waals surface area contributed by atoms with E-state index in [-0.39, 0.29) is 17.9 Å². The molecule has 1 aromatic heterocycles. The Morgan fingerprint density at radius 2 is 2.21 bits per heavy atom. The molecule has 0 saturated carbocycles. The van der Waals surface area contributed by atoms with Crippen molar-refractivity contribution in [3.63, 3.8) is 0 Å². The molecule has 1 aromatic carbocycles. The van der Waals surface area contributed by atoms with Gasteiger partial charge in [0.1, 0.15) is 34.7 Å². The Balaban J connectivity index is 2.29. The van der Waals surface area contributed by atoms with Crippen molar-refractivity contribution in [3.8, 4) is 11.8 Å². The van der Waals surface area contributed by atoms with Crippen molar-refractivity contribution in [2.24, 2.45) is 5.73 Å². The molecular formula is C14H13FN2O2. The SMILES string of the molecule is Cc1ccc(C(CN)Oc2cccc(F)c2C#N)o1. The number of hydrogen-bond acceptors (Lipinski definition) is 4. The zero-order valence-electron chi connectivity index (χ0n) is 10.4. The summed E-state index contributed by atoms with van der Waals surface area (Å²) in [6, 6.07) is 9.53. The van der Waals surface area contributed by atoms with Gasteiger partial charge in [-0.05, 0) is 31.2 Å². The van der Waals surface area contributed by atoms with Crippen LogP contribution in [0.4, 0.5) is 4.39 Å². The third-order valence-corrected chi connectivity index (χ3v) is 2.65. The average molecular weight is 260 g/mol. The molecule has 5 heteroatoms. The quantitative estimate of drug-likeness (QED) is 0.917. The summed E-state index contributed by atoms with van der Waals surface area (Å²) in [7, 11) is 0. The summed E-state index contributed by atoms with van der Waals surface area (Å²) in [5, 5.41) is 8.93. The second kappa shape index (κ2) is 5.55. The molecule has 2 N–H and O–H groups in total. The van der Waals surface area contributed by atoms with Gasteiger partial charge in [0.15, 0.2) is 6.10 Å². The Morgan fingerprint density at radius 3 is 2.79 bits per heavy atom. The Kier molecular flexibility index (Phi) is 3.83. The molecule has 0 saturated heterocycles. The van der Waals surface area contributed by atoms with E-state index in [1.165, 1.54) is 18.2 Å². The number of halogens is 1. The lowest BCUT2D eigenvalue weighted by molar-refractivity contribution is 0.181. The number of aryl methyl sites for hydroxylation is 1. The van der Waals surface area contributed by atoms with Gasteiger partial charge in [0.2, 0.25) is 0 Å². The highest BCUT2D eigenvalue weighted by Gasteiger charge is 2.18. The molecule has 1 heterocycles. The van der Waals surface area contributed by atoms with Crippen LogP contribution in [0.5, 0.6) is 5.75 Å². The topological polar surface area (TPSA) is 72.2 Å². The molecule has 2 rings (SSSR count). The van der Waals surface area contributed by atoms with E-state index >= 15 is 0 Å². The summed E-state index contributed by atoms with van der Waals surface area (Å²) in [5.41, 5.74) is 5.49. The van der Waals surface area contributed by atoms with Gasteiger partial charge >= 0.3 is 0 Å². The van der Waals surface area contributed by atoms with Crippen LogP contribution in [0.15, 0.2) is 34.7 Å². The second-order valence-corrected chi connectivity index (χ2v) is 4.02. The fourth-order valence-corrected chi connectivity index (χ4v) is 1.71. The van der Waals surface area contributed by atoms with Crippen molar-refractivity contribution in [3.05, 3.63) is 53.2 Å². The normalized spacial score (nSPS) is 11.9. The maximum atomic E-state index is 13.5. The van der Waals surface area contributed by atoms with E-state index in [1.807, 2.05) is 0 Å². The Labute approximate surface area is 110 Å². The summed E-state index contributed by atoms with van der Waals surface area (Å²) < 4.78 is 24.5. The summed E-state index contributed by atoms with van der Waals surface area (Å²) in [6.45, 7) is 1.97. The van der Waals surface area contributed by atoms with Gasteiger partial charge in [0.05, 0.1) is 0 Å². The van der Waals surface area contributed by atoms with Crippen LogP contribution < -0.4 is 10.5 Å². The first kappa shape index (κ1) is 13.1. The third kappa shape index (κ3) is 2.75. The molecule has 0 bridgehead atoms. The number of hydrogen-bond donors (Lipinski definition) is 1. The molecule has 0 amide bonds. The van der Waals surface area contributed by atoms with Crippen LogP contribution in [-0.4, -0.2) is 6.54 Å². The zero-order chi connectivity index (χ0) is 13.8. The van der Waals surface area contributed by atoms with Crippen LogP contribution in [0.3, 0.4) is 0 Å². The Hall–Kier alpha value is -2.32. The number of nitrogens with zero attached hydrogens (tertiary/aromatic N) is 1. The highest BCUT2D eigenvalue weighted by molar-refractivity contribution is 5.44. The number of benzene rings is 1. The van der Waals surface area contributed by atoms with E-state index in [4.69, 9.17) is 20.1 Å². The minimum absolute atomic E-state index is 0.135. The van der Waals surface area contributed by atoms with Crippen LogP contribution >= 0.6 is 0 Å². The molecule has 0 fully saturated rings. The van der Waals surface area contributed by atoms with Crippen molar-refractivity contribution in [1.82, 2.24) is 0 Å².